The van der Waals surface area contributed by atoms with Crippen LogP contribution in [0.1, 0.15) is 84.6 Å². The van der Waals surface area contributed by atoms with Gasteiger partial charge >= 0.3 is 198 Å². The molecule has 0 heterocycles. The third-order valence-electron chi connectivity index (χ3n) is 7.33. The maximum Gasteiger partial charge on any atom is -1.00 e. The molecule has 0 N–H and O–H groups in total. The molecule has 33 heavy (non-hydrogen) atoms. The van der Waals surface area contributed by atoms with Crippen molar-refractivity contribution in [2.75, 3.05) is 0 Å². The SMILES string of the molecule is [CH2]=[Zr+2]([C]1=C(C)C(C)=CC1C)[c]1c(C(C)(C)C)ccc2c1Cc1cc(C(C)(C)C)ccc1-2.[Cl-].[Cl-]. The summed E-state index contributed by atoms with van der Waals surface area (Å²) in [4.78, 5) is 0. The van der Waals surface area contributed by atoms with Crippen LogP contribution in [0, 0.1) is 5.92 Å². The van der Waals surface area contributed by atoms with Gasteiger partial charge in [0.1, 0.15) is 0 Å². The smallest absolute Gasteiger partial charge is 1.00 e. The van der Waals surface area contributed by atoms with Crippen molar-refractivity contribution in [1.29, 1.82) is 0 Å². The summed E-state index contributed by atoms with van der Waals surface area (Å²) in [6.07, 6.45) is 3.53. The van der Waals surface area contributed by atoms with Crippen LogP contribution in [-0.4, -0.2) is 4.21 Å². The van der Waals surface area contributed by atoms with Gasteiger partial charge in [-0.05, 0) is 0 Å². The van der Waals surface area contributed by atoms with E-state index in [-0.39, 0.29) is 35.6 Å². The fourth-order valence-corrected chi connectivity index (χ4v) is 12.7. The van der Waals surface area contributed by atoms with Crippen LogP contribution in [0.4, 0.5) is 0 Å². The van der Waals surface area contributed by atoms with E-state index in [4.69, 9.17) is 4.21 Å². The van der Waals surface area contributed by atoms with E-state index < -0.39 is 21.3 Å². The molecule has 0 saturated heterocycles. The molecule has 2 aliphatic rings. The minimum Gasteiger partial charge on any atom is -1.00 e. The summed E-state index contributed by atoms with van der Waals surface area (Å²) in [5, 5.41) is 0. The first-order chi connectivity index (χ1) is 14.3. The minimum atomic E-state index is -2.27. The van der Waals surface area contributed by atoms with Crippen molar-refractivity contribution in [2.45, 2.75) is 79.6 Å². The van der Waals surface area contributed by atoms with Crippen LogP contribution < -0.4 is 28.1 Å². The minimum absolute atomic E-state index is 0. The molecule has 0 nitrogen and oxygen atoms in total. The molecule has 4 rings (SSSR count). The molecule has 2 aromatic rings. The van der Waals surface area contributed by atoms with Gasteiger partial charge in [0.15, 0.2) is 0 Å². The Hall–Kier alpha value is -0.747. The van der Waals surface area contributed by atoms with Crippen LogP contribution in [-0.2, 0) is 38.5 Å². The fraction of sp³-hybridized carbons (Fsp3) is 0.433. The summed E-state index contributed by atoms with van der Waals surface area (Å²) in [7, 11) is 0. The van der Waals surface area contributed by atoms with Gasteiger partial charge in [0.25, 0.3) is 0 Å². The van der Waals surface area contributed by atoms with Gasteiger partial charge in [-0.25, -0.2) is 0 Å². The van der Waals surface area contributed by atoms with Crippen molar-refractivity contribution in [1.82, 2.24) is 0 Å². The van der Waals surface area contributed by atoms with Crippen LogP contribution >= 0.6 is 0 Å². The summed E-state index contributed by atoms with van der Waals surface area (Å²) in [5.41, 5.74) is 12.3. The standard InChI is InChI=1S/C21H25.C8H11.CH2.2ClH.Zr/c1-20(2,3)16-7-9-18-14(12-16)11-15-13-17(21(4,5)6)8-10-19(15)18;1-6-4-7(2)8(3)5-6;;;;/h7-10,12H,11H2,1-6H3;4,6H,1-3H3;1H2;2*1H;/q;;;;;+2/p-2. The molecular formula is C30H38Cl2Zr. The number of rotatable bonds is 2. The van der Waals surface area contributed by atoms with Crippen LogP contribution in [0.5, 0.6) is 0 Å². The maximum atomic E-state index is 5.00. The number of hydrogen-bond donors (Lipinski definition) is 0. The Morgan fingerprint density at radius 3 is 2.00 bits per heavy atom. The summed E-state index contributed by atoms with van der Waals surface area (Å²) < 4.78 is 8.37. The molecule has 0 aliphatic heterocycles. The van der Waals surface area contributed by atoms with Crippen molar-refractivity contribution in [3.63, 3.8) is 0 Å². The van der Waals surface area contributed by atoms with Gasteiger partial charge in [0, 0.05) is 0 Å². The largest absolute Gasteiger partial charge is 1.00 e. The van der Waals surface area contributed by atoms with Crippen molar-refractivity contribution < 1.29 is 46.1 Å². The van der Waals surface area contributed by atoms with Crippen molar-refractivity contribution >= 4 is 7.48 Å². The summed E-state index contributed by atoms with van der Waals surface area (Å²) >= 11 is -2.27. The zero-order chi connectivity index (χ0) is 22.9. The van der Waals surface area contributed by atoms with Gasteiger partial charge < -0.3 is 24.8 Å². The van der Waals surface area contributed by atoms with Crippen molar-refractivity contribution in [2.24, 2.45) is 5.92 Å². The Balaban J connectivity index is 0.00000193. The second-order valence-electron chi connectivity index (χ2n) is 11.7. The molecule has 0 amide bonds. The number of allylic oxidation sites excluding steroid dienone is 4. The molecular weight excluding hydrogens is 522 g/mol. The molecule has 0 spiro atoms. The molecule has 0 bridgehead atoms. The average Bonchev–Trinajstić information content (AvgIpc) is 3.14. The van der Waals surface area contributed by atoms with Crippen molar-refractivity contribution in [3.8, 4) is 11.1 Å². The Bertz CT molecular complexity index is 1170. The molecule has 3 heteroatoms. The Kier molecular flexibility index (Phi) is 8.39. The van der Waals surface area contributed by atoms with Crippen LogP contribution in [0.15, 0.2) is 50.8 Å². The Morgan fingerprint density at radius 1 is 0.879 bits per heavy atom. The van der Waals surface area contributed by atoms with Crippen molar-refractivity contribution in [3.05, 3.63) is 73.1 Å². The van der Waals surface area contributed by atoms with E-state index in [1.165, 1.54) is 39.0 Å². The van der Waals surface area contributed by atoms with Gasteiger partial charge in [-0.2, -0.15) is 0 Å². The molecule has 2 aliphatic carbocycles. The average molecular weight is 561 g/mol. The summed E-state index contributed by atoms with van der Waals surface area (Å²) in [6, 6.07) is 12.0. The second-order valence-corrected chi connectivity index (χ2v) is 16.6. The second kappa shape index (κ2) is 9.72. The normalized spacial score (nSPS) is 16.8. The number of hydrogen-bond acceptors (Lipinski definition) is 0. The fourth-order valence-electron chi connectivity index (χ4n) is 5.49. The van der Waals surface area contributed by atoms with Crippen LogP contribution in [0.3, 0.4) is 0 Å². The van der Waals surface area contributed by atoms with E-state index in [2.05, 4.69) is 98.7 Å². The van der Waals surface area contributed by atoms with E-state index in [9.17, 15) is 0 Å². The third-order valence-corrected chi connectivity index (χ3v) is 13.9. The van der Waals surface area contributed by atoms with Crippen LogP contribution in [0.25, 0.3) is 11.1 Å². The molecule has 0 radical (unpaired) electrons. The monoisotopic (exact) mass is 558 g/mol. The van der Waals surface area contributed by atoms with E-state index in [1.54, 1.807) is 12.1 Å². The molecule has 0 fully saturated rings. The molecule has 1 atom stereocenters. The summed E-state index contributed by atoms with van der Waals surface area (Å²) in [5.74, 6) is 0.548. The van der Waals surface area contributed by atoms with E-state index in [1.807, 2.05) is 0 Å². The topological polar surface area (TPSA) is 0 Å². The molecule has 0 aromatic heterocycles. The number of benzene rings is 2. The van der Waals surface area contributed by atoms with Gasteiger partial charge in [0.2, 0.25) is 0 Å². The first-order valence-electron chi connectivity index (χ1n) is 11.7. The molecule has 0 saturated carbocycles. The number of fused-ring (bicyclic) bond motifs is 3. The Morgan fingerprint density at radius 2 is 1.48 bits per heavy atom. The van der Waals surface area contributed by atoms with Crippen LogP contribution in [0.2, 0.25) is 0 Å². The van der Waals surface area contributed by atoms with E-state index in [0.717, 1.165) is 6.42 Å². The number of halogens is 2. The van der Waals surface area contributed by atoms with Gasteiger partial charge in [-0.15, -0.1) is 0 Å². The van der Waals surface area contributed by atoms with E-state index in [0.29, 0.717) is 5.92 Å². The molecule has 1 unspecified atom stereocenters. The zero-order valence-corrected chi connectivity index (χ0v) is 25.7. The van der Waals surface area contributed by atoms with Gasteiger partial charge in [-0.3, -0.25) is 0 Å². The summed E-state index contributed by atoms with van der Waals surface area (Å²) in [6.45, 7) is 21.0. The maximum absolute atomic E-state index is 5.00. The third kappa shape index (κ3) is 4.98. The molecule has 176 valence electrons. The van der Waals surface area contributed by atoms with Gasteiger partial charge in [-0.1, -0.05) is 0 Å². The predicted octanol–water partition coefficient (Wildman–Crippen LogP) is 1.41. The Labute approximate surface area is 221 Å². The van der Waals surface area contributed by atoms with Gasteiger partial charge in [0.05, 0.1) is 0 Å². The molecule has 2 aromatic carbocycles. The first-order valence-corrected chi connectivity index (χ1v) is 15.9. The van der Waals surface area contributed by atoms with E-state index >= 15 is 0 Å². The zero-order valence-electron chi connectivity index (χ0n) is 21.7. The first kappa shape index (κ1) is 28.5. The quantitative estimate of drug-likeness (QED) is 0.445. The predicted molar refractivity (Wildman–Crippen MR) is 134 cm³/mol.